The van der Waals surface area contributed by atoms with Crippen LogP contribution in [0.2, 0.25) is 0 Å². The highest BCUT2D eigenvalue weighted by molar-refractivity contribution is 5.36. The van der Waals surface area contributed by atoms with Gasteiger partial charge in [-0.25, -0.2) is 0 Å². The Bertz CT molecular complexity index is 341. The zero-order valence-electron chi connectivity index (χ0n) is 10.0. The molecule has 15 heavy (non-hydrogen) atoms. The Labute approximate surface area is 92.9 Å². The Morgan fingerprint density at radius 3 is 2.53 bits per heavy atom. The maximum Gasteiger partial charge on any atom is 0.0294 e. The highest BCUT2D eigenvalue weighted by Gasteiger charge is 2.13. The van der Waals surface area contributed by atoms with Gasteiger partial charge in [0.15, 0.2) is 0 Å². The van der Waals surface area contributed by atoms with Gasteiger partial charge < -0.3 is 5.32 Å². The molecule has 0 saturated heterocycles. The summed E-state index contributed by atoms with van der Waals surface area (Å²) in [7, 11) is 0. The van der Waals surface area contributed by atoms with E-state index in [0.717, 1.165) is 0 Å². The molecule has 1 aliphatic carbocycles. The molecular weight excluding hydrogens is 182 g/mol. The van der Waals surface area contributed by atoms with Gasteiger partial charge in [-0.05, 0) is 42.9 Å². The molecular formula is C14H21N. The topological polar surface area (TPSA) is 12.0 Å². The van der Waals surface area contributed by atoms with Gasteiger partial charge in [0, 0.05) is 12.1 Å². The van der Waals surface area contributed by atoms with Crippen molar-refractivity contribution >= 4 is 0 Å². The quantitative estimate of drug-likeness (QED) is 0.795. The minimum atomic E-state index is 0.468. The lowest BCUT2D eigenvalue weighted by Gasteiger charge is -2.18. The second-order valence-corrected chi connectivity index (χ2v) is 4.92. The molecule has 1 aromatic rings. The minimum absolute atomic E-state index is 0.468. The Kier molecular flexibility index (Phi) is 3.11. The molecule has 1 nitrogen and oxygen atoms in total. The average Bonchev–Trinajstić information content (AvgIpc) is 2.62. The highest BCUT2D eigenvalue weighted by Crippen LogP contribution is 2.25. The van der Waals surface area contributed by atoms with Crippen LogP contribution in [0, 0.1) is 0 Å². The molecule has 1 aliphatic rings. The maximum absolute atomic E-state index is 3.55. The predicted octanol–water partition coefficient (Wildman–Crippen LogP) is 3.23. The highest BCUT2D eigenvalue weighted by atomic mass is 14.9. The third-order valence-corrected chi connectivity index (χ3v) is 3.21. The fourth-order valence-corrected chi connectivity index (χ4v) is 2.46. The SMILES string of the molecule is CC(C)NC(C)c1ccc2c(c1)CCC2. The summed E-state index contributed by atoms with van der Waals surface area (Å²) in [6.07, 6.45) is 3.89. The Balaban J connectivity index is 2.15. The summed E-state index contributed by atoms with van der Waals surface area (Å²) in [6.45, 7) is 6.64. The van der Waals surface area contributed by atoms with E-state index >= 15 is 0 Å². The van der Waals surface area contributed by atoms with E-state index in [0.29, 0.717) is 12.1 Å². The summed E-state index contributed by atoms with van der Waals surface area (Å²) < 4.78 is 0. The van der Waals surface area contributed by atoms with Crippen molar-refractivity contribution in [3.05, 3.63) is 34.9 Å². The lowest BCUT2D eigenvalue weighted by molar-refractivity contribution is 0.506. The molecule has 0 spiro atoms. The summed E-state index contributed by atoms with van der Waals surface area (Å²) in [5.41, 5.74) is 4.57. The molecule has 2 rings (SSSR count). The average molecular weight is 203 g/mol. The van der Waals surface area contributed by atoms with E-state index in [1.165, 1.54) is 24.8 Å². The largest absolute Gasteiger partial charge is 0.308 e. The van der Waals surface area contributed by atoms with E-state index in [4.69, 9.17) is 0 Å². The predicted molar refractivity (Wildman–Crippen MR) is 65.2 cm³/mol. The standard InChI is InChI=1S/C14H21N/c1-10(2)15-11(3)13-8-7-12-5-4-6-14(12)9-13/h7-11,15H,4-6H2,1-3H3. The normalized spacial score (nSPS) is 16.8. The van der Waals surface area contributed by atoms with Gasteiger partial charge in [-0.15, -0.1) is 0 Å². The van der Waals surface area contributed by atoms with E-state index < -0.39 is 0 Å². The molecule has 0 radical (unpaired) electrons. The summed E-state index contributed by atoms with van der Waals surface area (Å²) in [5, 5.41) is 3.55. The molecule has 0 saturated carbocycles. The Morgan fingerprint density at radius 1 is 1.07 bits per heavy atom. The number of aryl methyl sites for hydroxylation is 2. The number of hydrogen-bond acceptors (Lipinski definition) is 1. The van der Waals surface area contributed by atoms with Crippen LogP contribution in [0.15, 0.2) is 18.2 Å². The molecule has 0 aliphatic heterocycles. The zero-order chi connectivity index (χ0) is 10.8. The van der Waals surface area contributed by atoms with Crippen LogP contribution in [-0.2, 0) is 12.8 Å². The molecule has 0 fully saturated rings. The molecule has 0 aromatic heterocycles. The van der Waals surface area contributed by atoms with Gasteiger partial charge in [-0.1, -0.05) is 32.0 Å². The number of rotatable bonds is 3. The Hall–Kier alpha value is -0.820. The minimum Gasteiger partial charge on any atom is -0.308 e. The molecule has 1 unspecified atom stereocenters. The molecule has 1 aromatic carbocycles. The summed E-state index contributed by atoms with van der Waals surface area (Å²) in [5.74, 6) is 0. The number of hydrogen-bond donors (Lipinski definition) is 1. The first kappa shape index (κ1) is 10.7. The van der Waals surface area contributed by atoms with Crippen LogP contribution >= 0.6 is 0 Å². The van der Waals surface area contributed by atoms with E-state index in [1.807, 2.05) is 0 Å². The van der Waals surface area contributed by atoms with Crippen LogP contribution in [0.4, 0.5) is 0 Å². The fraction of sp³-hybridized carbons (Fsp3) is 0.571. The summed E-state index contributed by atoms with van der Waals surface area (Å²) in [6, 6.07) is 8.01. The number of fused-ring (bicyclic) bond motifs is 1. The Morgan fingerprint density at radius 2 is 1.80 bits per heavy atom. The molecule has 1 atom stereocenters. The molecule has 1 heteroatoms. The maximum atomic E-state index is 3.55. The van der Waals surface area contributed by atoms with Crippen LogP contribution in [0.3, 0.4) is 0 Å². The van der Waals surface area contributed by atoms with E-state index in [-0.39, 0.29) is 0 Å². The van der Waals surface area contributed by atoms with E-state index in [9.17, 15) is 0 Å². The van der Waals surface area contributed by atoms with Crippen molar-refractivity contribution in [3.8, 4) is 0 Å². The van der Waals surface area contributed by atoms with Gasteiger partial charge in [-0.2, -0.15) is 0 Å². The van der Waals surface area contributed by atoms with Crippen molar-refractivity contribution in [2.75, 3.05) is 0 Å². The lowest BCUT2D eigenvalue weighted by atomic mass is 10.0. The van der Waals surface area contributed by atoms with Gasteiger partial charge in [0.1, 0.15) is 0 Å². The molecule has 1 N–H and O–H groups in total. The summed E-state index contributed by atoms with van der Waals surface area (Å²) in [4.78, 5) is 0. The third-order valence-electron chi connectivity index (χ3n) is 3.21. The van der Waals surface area contributed by atoms with Gasteiger partial charge in [0.05, 0.1) is 0 Å². The summed E-state index contributed by atoms with van der Waals surface area (Å²) >= 11 is 0. The van der Waals surface area contributed by atoms with Gasteiger partial charge in [0.2, 0.25) is 0 Å². The molecule has 0 heterocycles. The lowest BCUT2D eigenvalue weighted by Crippen LogP contribution is -2.26. The van der Waals surface area contributed by atoms with Gasteiger partial charge in [0.25, 0.3) is 0 Å². The monoisotopic (exact) mass is 203 g/mol. The first-order valence-corrected chi connectivity index (χ1v) is 6.04. The van der Waals surface area contributed by atoms with Crippen LogP contribution in [0.1, 0.15) is 49.9 Å². The number of benzene rings is 1. The van der Waals surface area contributed by atoms with Crippen molar-refractivity contribution in [1.29, 1.82) is 0 Å². The van der Waals surface area contributed by atoms with E-state index in [2.05, 4.69) is 44.3 Å². The smallest absolute Gasteiger partial charge is 0.0294 e. The van der Waals surface area contributed by atoms with Crippen LogP contribution in [0.25, 0.3) is 0 Å². The zero-order valence-corrected chi connectivity index (χ0v) is 10.0. The van der Waals surface area contributed by atoms with Crippen molar-refractivity contribution in [1.82, 2.24) is 5.32 Å². The van der Waals surface area contributed by atoms with Crippen LogP contribution < -0.4 is 5.32 Å². The molecule has 0 amide bonds. The van der Waals surface area contributed by atoms with Gasteiger partial charge in [-0.3, -0.25) is 0 Å². The van der Waals surface area contributed by atoms with Crippen molar-refractivity contribution in [2.24, 2.45) is 0 Å². The number of nitrogens with one attached hydrogen (secondary N) is 1. The van der Waals surface area contributed by atoms with Gasteiger partial charge >= 0.3 is 0 Å². The van der Waals surface area contributed by atoms with Crippen LogP contribution in [0.5, 0.6) is 0 Å². The van der Waals surface area contributed by atoms with Crippen molar-refractivity contribution in [2.45, 2.75) is 52.1 Å². The fourth-order valence-electron chi connectivity index (χ4n) is 2.46. The van der Waals surface area contributed by atoms with Crippen LogP contribution in [-0.4, -0.2) is 6.04 Å². The van der Waals surface area contributed by atoms with Crippen molar-refractivity contribution in [3.63, 3.8) is 0 Å². The second-order valence-electron chi connectivity index (χ2n) is 4.92. The third kappa shape index (κ3) is 2.40. The van der Waals surface area contributed by atoms with Crippen molar-refractivity contribution < 1.29 is 0 Å². The molecule has 0 bridgehead atoms. The molecule has 82 valence electrons. The first-order chi connectivity index (χ1) is 7.16. The second kappa shape index (κ2) is 4.36. The van der Waals surface area contributed by atoms with E-state index in [1.54, 1.807) is 11.1 Å². The first-order valence-electron chi connectivity index (χ1n) is 6.04.